The molecule has 0 aliphatic carbocycles. The quantitative estimate of drug-likeness (QED) is 0.918. The number of hydrogen-bond acceptors (Lipinski definition) is 3. The summed E-state index contributed by atoms with van der Waals surface area (Å²) < 4.78 is 18.3. The zero-order valence-corrected chi connectivity index (χ0v) is 13.5. The molecular weight excluding hydrogens is 307 g/mol. The van der Waals surface area contributed by atoms with Crippen molar-refractivity contribution < 1.29 is 13.9 Å². The Morgan fingerprint density at radius 3 is 2.58 bits per heavy atom. The van der Waals surface area contributed by atoms with Crippen LogP contribution >= 0.6 is 0 Å². The molecule has 2 aromatic carbocycles. The number of carbonyl (C=O) groups excluding carboxylic acids is 1. The molecular formula is C19H21FN2O2. The van der Waals surface area contributed by atoms with Crippen molar-refractivity contribution in [2.45, 2.75) is 13.0 Å². The summed E-state index contributed by atoms with van der Waals surface area (Å²) in [6.45, 7) is 4.26. The average Bonchev–Trinajstić information content (AvgIpc) is 2.58. The summed E-state index contributed by atoms with van der Waals surface area (Å²) in [4.78, 5) is 14.5. The molecule has 0 radical (unpaired) electrons. The summed E-state index contributed by atoms with van der Waals surface area (Å²) in [6.07, 6.45) is 0.230. The van der Waals surface area contributed by atoms with Gasteiger partial charge in [-0.3, -0.25) is 9.69 Å². The zero-order chi connectivity index (χ0) is 16.8. The van der Waals surface area contributed by atoms with E-state index in [4.69, 9.17) is 4.74 Å². The van der Waals surface area contributed by atoms with Gasteiger partial charge in [0.15, 0.2) is 0 Å². The molecule has 0 aromatic heterocycles. The second-order valence-corrected chi connectivity index (χ2v) is 5.94. The smallest absolute Gasteiger partial charge is 0.228 e. The van der Waals surface area contributed by atoms with E-state index in [-0.39, 0.29) is 18.1 Å². The Labute approximate surface area is 141 Å². The molecule has 1 fully saturated rings. The number of hydrogen-bond donors (Lipinski definition) is 1. The lowest BCUT2D eigenvalue weighted by Crippen LogP contribution is -2.35. The molecule has 0 bridgehead atoms. The molecule has 1 saturated heterocycles. The molecule has 4 nitrogen and oxygen atoms in total. The summed E-state index contributed by atoms with van der Waals surface area (Å²) in [5.41, 5.74) is 2.74. The van der Waals surface area contributed by atoms with Crippen molar-refractivity contribution in [3.8, 4) is 0 Å². The van der Waals surface area contributed by atoms with E-state index >= 15 is 0 Å². The van der Waals surface area contributed by atoms with E-state index in [0.717, 1.165) is 49.7 Å². The lowest BCUT2D eigenvalue weighted by molar-refractivity contribution is -0.115. The third kappa shape index (κ3) is 4.88. The lowest BCUT2D eigenvalue weighted by Gasteiger charge is -2.26. The van der Waals surface area contributed by atoms with Crippen LogP contribution in [0.25, 0.3) is 0 Å². The van der Waals surface area contributed by atoms with Crippen LogP contribution in [0.2, 0.25) is 0 Å². The van der Waals surface area contributed by atoms with Gasteiger partial charge in [0.25, 0.3) is 0 Å². The summed E-state index contributed by atoms with van der Waals surface area (Å²) >= 11 is 0. The van der Waals surface area contributed by atoms with E-state index in [9.17, 15) is 9.18 Å². The Morgan fingerprint density at radius 1 is 1.08 bits per heavy atom. The van der Waals surface area contributed by atoms with E-state index in [1.165, 1.54) is 12.1 Å². The lowest BCUT2D eigenvalue weighted by atomic mass is 10.1. The molecule has 1 heterocycles. The van der Waals surface area contributed by atoms with Crippen molar-refractivity contribution in [3.63, 3.8) is 0 Å². The maximum Gasteiger partial charge on any atom is 0.228 e. The highest BCUT2D eigenvalue weighted by atomic mass is 19.1. The molecule has 0 atom stereocenters. The number of morpholine rings is 1. The fraction of sp³-hybridized carbons (Fsp3) is 0.316. The van der Waals surface area contributed by atoms with Gasteiger partial charge in [0.05, 0.1) is 19.6 Å². The minimum absolute atomic E-state index is 0.106. The fourth-order valence-electron chi connectivity index (χ4n) is 2.76. The van der Waals surface area contributed by atoms with Crippen LogP contribution in [0.3, 0.4) is 0 Å². The van der Waals surface area contributed by atoms with Gasteiger partial charge >= 0.3 is 0 Å². The van der Waals surface area contributed by atoms with E-state index < -0.39 is 0 Å². The largest absolute Gasteiger partial charge is 0.379 e. The number of carbonyl (C=O) groups is 1. The van der Waals surface area contributed by atoms with Gasteiger partial charge in [-0.15, -0.1) is 0 Å². The second kappa shape index (κ2) is 8.04. The van der Waals surface area contributed by atoms with Gasteiger partial charge in [0.1, 0.15) is 5.82 Å². The van der Waals surface area contributed by atoms with Crippen LogP contribution in [0, 0.1) is 5.82 Å². The van der Waals surface area contributed by atoms with Gasteiger partial charge in [0, 0.05) is 25.3 Å². The molecule has 0 unspecified atom stereocenters. The molecule has 0 spiro atoms. The molecule has 1 amide bonds. The predicted molar refractivity (Wildman–Crippen MR) is 91.3 cm³/mol. The summed E-state index contributed by atoms with van der Waals surface area (Å²) in [5, 5.41) is 2.91. The van der Waals surface area contributed by atoms with Gasteiger partial charge in [0.2, 0.25) is 5.91 Å². The van der Waals surface area contributed by atoms with Crippen LogP contribution in [0.15, 0.2) is 48.5 Å². The number of benzene rings is 2. The Kier molecular flexibility index (Phi) is 5.56. The predicted octanol–water partition coefficient (Wildman–Crippen LogP) is 2.84. The maximum atomic E-state index is 12.9. The molecule has 1 N–H and O–H groups in total. The van der Waals surface area contributed by atoms with Crippen LogP contribution in [-0.2, 0) is 22.5 Å². The molecule has 0 saturated carbocycles. The van der Waals surface area contributed by atoms with Gasteiger partial charge < -0.3 is 10.1 Å². The molecule has 3 rings (SSSR count). The standard InChI is InChI=1S/C19H21FN2O2/c20-17-6-4-15(5-7-17)13-19(23)21-18-3-1-2-16(12-18)14-22-8-10-24-11-9-22/h1-7,12H,8-11,13-14H2,(H,21,23). The monoisotopic (exact) mass is 328 g/mol. The minimum Gasteiger partial charge on any atom is -0.379 e. The fourth-order valence-corrected chi connectivity index (χ4v) is 2.76. The molecule has 1 aliphatic rings. The van der Waals surface area contributed by atoms with E-state index in [1.807, 2.05) is 18.2 Å². The Balaban J connectivity index is 1.57. The average molecular weight is 328 g/mol. The normalized spacial score (nSPS) is 15.2. The van der Waals surface area contributed by atoms with E-state index in [1.54, 1.807) is 12.1 Å². The second-order valence-electron chi connectivity index (χ2n) is 5.94. The molecule has 24 heavy (non-hydrogen) atoms. The Morgan fingerprint density at radius 2 is 1.83 bits per heavy atom. The minimum atomic E-state index is -0.296. The first kappa shape index (κ1) is 16.6. The van der Waals surface area contributed by atoms with Crippen molar-refractivity contribution in [1.29, 1.82) is 0 Å². The highest BCUT2D eigenvalue weighted by molar-refractivity contribution is 5.92. The summed E-state index contributed by atoms with van der Waals surface area (Å²) in [7, 11) is 0. The van der Waals surface area contributed by atoms with E-state index in [0.29, 0.717) is 0 Å². The number of anilines is 1. The maximum absolute atomic E-state index is 12.9. The summed E-state index contributed by atoms with van der Waals surface area (Å²) in [6, 6.07) is 13.9. The number of halogens is 1. The van der Waals surface area contributed by atoms with Gasteiger partial charge in [-0.25, -0.2) is 4.39 Å². The highest BCUT2D eigenvalue weighted by Gasteiger charge is 2.11. The van der Waals surface area contributed by atoms with Gasteiger partial charge in [-0.1, -0.05) is 24.3 Å². The Bertz CT molecular complexity index is 682. The van der Waals surface area contributed by atoms with Crippen molar-refractivity contribution in [2.75, 3.05) is 31.6 Å². The first-order valence-corrected chi connectivity index (χ1v) is 8.12. The molecule has 126 valence electrons. The van der Waals surface area contributed by atoms with Crippen molar-refractivity contribution in [1.82, 2.24) is 4.90 Å². The number of ether oxygens (including phenoxy) is 1. The number of nitrogens with zero attached hydrogens (tertiary/aromatic N) is 1. The van der Waals surface area contributed by atoms with Crippen molar-refractivity contribution in [2.24, 2.45) is 0 Å². The van der Waals surface area contributed by atoms with Crippen LogP contribution in [-0.4, -0.2) is 37.1 Å². The first-order valence-electron chi connectivity index (χ1n) is 8.12. The molecule has 1 aliphatic heterocycles. The molecule has 5 heteroatoms. The van der Waals surface area contributed by atoms with Crippen molar-refractivity contribution in [3.05, 3.63) is 65.5 Å². The zero-order valence-electron chi connectivity index (χ0n) is 13.5. The van der Waals surface area contributed by atoms with Crippen LogP contribution < -0.4 is 5.32 Å². The highest BCUT2D eigenvalue weighted by Crippen LogP contribution is 2.14. The first-order chi connectivity index (χ1) is 11.7. The van der Waals surface area contributed by atoms with Crippen LogP contribution in [0.5, 0.6) is 0 Å². The Hall–Kier alpha value is -2.24. The number of nitrogens with one attached hydrogen (secondary N) is 1. The van der Waals surface area contributed by atoms with Gasteiger partial charge in [-0.2, -0.15) is 0 Å². The third-order valence-corrected chi connectivity index (χ3v) is 4.00. The van der Waals surface area contributed by atoms with Gasteiger partial charge in [-0.05, 0) is 35.4 Å². The topological polar surface area (TPSA) is 41.6 Å². The van der Waals surface area contributed by atoms with Crippen LogP contribution in [0.4, 0.5) is 10.1 Å². The summed E-state index contributed by atoms with van der Waals surface area (Å²) in [5.74, 6) is -0.403. The molecule has 2 aromatic rings. The van der Waals surface area contributed by atoms with E-state index in [2.05, 4.69) is 16.3 Å². The SMILES string of the molecule is O=C(Cc1ccc(F)cc1)Nc1cccc(CN2CCOCC2)c1. The number of amides is 1. The van der Waals surface area contributed by atoms with Crippen LogP contribution in [0.1, 0.15) is 11.1 Å². The number of rotatable bonds is 5. The third-order valence-electron chi connectivity index (χ3n) is 4.00. The van der Waals surface area contributed by atoms with Crippen molar-refractivity contribution >= 4 is 11.6 Å².